The summed E-state index contributed by atoms with van der Waals surface area (Å²) in [6.07, 6.45) is 4.48. The fourth-order valence-corrected chi connectivity index (χ4v) is 0.911. The molecule has 0 amide bonds. The van der Waals surface area contributed by atoms with E-state index in [0.29, 0.717) is 5.56 Å². The van der Waals surface area contributed by atoms with Crippen LogP contribution in [0.1, 0.15) is 12.0 Å². The molecule has 0 aliphatic rings. The Morgan fingerprint density at radius 3 is 2.93 bits per heavy atom. The van der Waals surface area contributed by atoms with Gasteiger partial charge in [-0.05, 0) is 11.6 Å². The highest BCUT2D eigenvalue weighted by atomic mass is 16.4. The van der Waals surface area contributed by atoms with Gasteiger partial charge in [-0.3, -0.25) is 9.59 Å². The van der Waals surface area contributed by atoms with Crippen LogP contribution in [0.5, 0.6) is 0 Å². The van der Waals surface area contributed by atoms with Crippen LogP contribution in [0.2, 0.25) is 0 Å². The average Bonchev–Trinajstić information content (AvgIpc) is 2.10. The Balaban J connectivity index is 2.78. The number of pyridine rings is 1. The molecule has 5 heteroatoms. The molecule has 1 aromatic heterocycles. The highest BCUT2D eigenvalue weighted by molar-refractivity contribution is 5.70. The summed E-state index contributed by atoms with van der Waals surface area (Å²) in [6.45, 7) is 0. The summed E-state index contributed by atoms with van der Waals surface area (Å²) in [5.74, 6) is -0.904. The van der Waals surface area contributed by atoms with Gasteiger partial charge in [-0.15, -0.1) is 0 Å². The molecule has 0 aromatic carbocycles. The molecule has 5 nitrogen and oxygen atoms in total. The summed E-state index contributed by atoms with van der Waals surface area (Å²) in [4.78, 5) is 23.5. The van der Waals surface area contributed by atoms with Crippen LogP contribution < -0.4 is 11.3 Å². The molecule has 0 atom stereocenters. The minimum atomic E-state index is -0.904. The number of aromatic amines is 1. The van der Waals surface area contributed by atoms with Crippen molar-refractivity contribution in [2.24, 2.45) is 0 Å². The van der Waals surface area contributed by atoms with Gasteiger partial charge in [0.1, 0.15) is 0 Å². The van der Waals surface area contributed by atoms with Crippen molar-refractivity contribution >= 4 is 17.7 Å². The van der Waals surface area contributed by atoms with Crippen molar-refractivity contribution in [1.82, 2.24) is 4.98 Å². The van der Waals surface area contributed by atoms with Crippen molar-refractivity contribution in [2.75, 3.05) is 5.73 Å². The van der Waals surface area contributed by atoms with Crippen LogP contribution in [-0.2, 0) is 4.79 Å². The third-order valence-corrected chi connectivity index (χ3v) is 1.56. The number of hydrogen-bond acceptors (Lipinski definition) is 3. The first-order valence-corrected chi connectivity index (χ1v) is 3.96. The summed E-state index contributed by atoms with van der Waals surface area (Å²) in [5.41, 5.74) is 5.79. The van der Waals surface area contributed by atoms with E-state index in [0.717, 1.165) is 0 Å². The van der Waals surface area contributed by atoms with E-state index in [1.807, 2.05) is 0 Å². The molecule has 0 aliphatic heterocycles. The second-order valence-corrected chi connectivity index (χ2v) is 2.72. The molecule has 0 saturated heterocycles. The van der Waals surface area contributed by atoms with Crippen molar-refractivity contribution in [2.45, 2.75) is 6.42 Å². The fourth-order valence-electron chi connectivity index (χ4n) is 0.911. The zero-order valence-corrected chi connectivity index (χ0v) is 7.36. The van der Waals surface area contributed by atoms with Crippen molar-refractivity contribution < 1.29 is 9.90 Å². The lowest BCUT2D eigenvalue weighted by molar-refractivity contribution is -0.135. The van der Waals surface area contributed by atoms with Crippen LogP contribution in [0, 0.1) is 0 Å². The molecule has 0 aliphatic carbocycles. The number of hydrogen-bond donors (Lipinski definition) is 3. The maximum absolute atomic E-state index is 10.9. The summed E-state index contributed by atoms with van der Waals surface area (Å²) in [7, 11) is 0. The zero-order chi connectivity index (χ0) is 10.6. The Morgan fingerprint density at radius 2 is 2.36 bits per heavy atom. The van der Waals surface area contributed by atoms with Gasteiger partial charge in [0.15, 0.2) is 0 Å². The van der Waals surface area contributed by atoms with E-state index < -0.39 is 5.97 Å². The highest BCUT2D eigenvalue weighted by Gasteiger charge is 1.94. The molecule has 0 bridgehead atoms. The van der Waals surface area contributed by atoms with Crippen LogP contribution >= 0.6 is 0 Å². The maximum Gasteiger partial charge on any atom is 0.307 e. The van der Waals surface area contributed by atoms with Gasteiger partial charge in [-0.2, -0.15) is 0 Å². The molecule has 1 aromatic rings. The standard InChI is InChI=1S/C9H10N2O3/c10-7-4-6(5-11-9(7)14)2-1-3-8(12)13/h1-2,4-5H,3,10H2,(H,11,14)(H,12,13). The maximum atomic E-state index is 10.9. The summed E-state index contributed by atoms with van der Waals surface area (Å²) in [5, 5.41) is 8.36. The van der Waals surface area contributed by atoms with E-state index >= 15 is 0 Å². The Bertz CT molecular complexity index is 420. The first-order chi connectivity index (χ1) is 6.59. The number of aromatic nitrogens is 1. The predicted molar refractivity (Wildman–Crippen MR) is 52.8 cm³/mol. The van der Waals surface area contributed by atoms with Gasteiger partial charge in [0.2, 0.25) is 0 Å². The highest BCUT2D eigenvalue weighted by Crippen LogP contribution is 2.02. The third kappa shape index (κ3) is 2.78. The lowest BCUT2D eigenvalue weighted by Gasteiger charge is -1.94. The quantitative estimate of drug-likeness (QED) is 0.650. The fraction of sp³-hybridized carbons (Fsp3) is 0.111. The number of carboxylic acids is 1. The molecule has 14 heavy (non-hydrogen) atoms. The number of nitrogens with one attached hydrogen (secondary N) is 1. The SMILES string of the molecule is Nc1cc(C=CCC(=O)O)c[nH]c1=O. The van der Waals surface area contributed by atoms with Gasteiger partial charge in [0, 0.05) is 6.20 Å². The second kappa shape index (κ2) is 4.27. The molecular formula is C9H10N2O3. The largest absolute Gasteiger partial charge is 0.481 e. The Morgan fingerprint density at radius 1 is 1.64 bits per heavy atom. The van der Waals surface area contributed by atoms with Gasteiger partial charge >= 0.3 is 5.97 Å². The van der Waals surface area contributed by atoms with E-state index in [1.165, 1.54) is 18.3 Å². The Hall–Kier alpha value is -2.04. The topological polar surface area (TPSA) is 96.2 Å². The smallest absolute Gasteiger partial charge is 0.307 e. The minimum Gasteiger partial charge on any atom is -0.481 e. The number of nitrogens with two attached hydrogens (primary N) is 1. The average molecular weight is 194 g/mol. The first kappa shape index (κ1) is 10.0. The number of carboxylic acid groups (broad SMARTS) is 1. The van der Waals surface area contributed by atoms with Crippen LogP contribution in [0.25, 0.3) is 6.08 Å². The van der Waals surface area contributed by atoms with Gasteiger partial charge in [-0.1, -0.05) is 12.2 Å². The Labute approximate surface area is 79.9 Å². The van der Waals surface area contributed by atoms with E-state index in [1.54, 1.807) is 6.08 Å². The van der Waals surface area contributed by atoms with Crippen LogP contribution in [0.3, 0.4) is 0 Å². The number of carbonyl (C=O) groups is 1. The zero-order valence-electron chi connectivity index (χ0n) is 7.36. The van der Waals surface area contributed by atoms with E-state index in [-0.39, 0.29) is 17.7 Å². The van der Waals surface area contributed by atoms with Crippen LogP contribution in [0.15, 0.2) is 23.1 Å². The molecule has 74 valence electrons. The first-order valence-electron chi connectivity index (χ1n) is 3.96. The number of H-pyrrole nitrogens is 1. The normalized spacial score (nSPS) is 10.6. The van der Waals surface area contributed by atoms with Gasteiger partial charge in [0.05, 0.1) is 12.1 Å². The van der Waals surface area contributed by atoms with Gasteiger partial charge in [-0.25, -0.2) is 0 Å². The molecule has 0 unspecified atom stereocenters. The predicted octanol–water partition coefficient (Wildman–Crippen LogP) is 0.445. The van der Waals surface area contributed by atoms with Crippen molar-refractivity contribution in [3.8, 4) is 0 Å². The van der Waals surface area contributed by atoms with Crippen molar-refractivity contribution in [3.05, 3.63) is 34.3 Å². The third-order valence-electron chi connectivity index (χ3n) is 1.56. The monoisotopic (exact) mass is 194 g/mol. The van der Waals surface area contributed by atoms with Crippen molar-refractivity contribution in [1.29, 1.82) is 0 Å². The summed E-state index contributed by atoms with van der Waals surface area (Å²) in [6, 6.07) is 1.48. The van der Waals surface area contributed by atoms with Crippen molar-refractivity contribution in [3.63, 3.8) is 0 Å². The summed E-state index contributed by atoms with van der Waals surface area (Å²) < 4.78 is 0. The lowest BCUT2D eigenvalue weighted by atomic mass is 10.2. The molecule has 0 spiro atoms. The van der Waals surface area contributed by atoms with Gasteiger partial charge in [0.25, 0.3) is 5.56 Å². The van der Waals surface area contributed by atoms with Gasteiger partial charge < -0.3 is 15.8 Å². The number of anilines is 1. The van der Waals surface area contributed by atoms with Crippen LogP contribution in [-0.4, -0.2) is 16.1 Å². The molecule has 0 saturated carbocycles. The molecule has 0 radical (unpaired) electrons. The second-order valence-electron chi connectivity index (χ2n) is 2.72. The molecular weight excluding hydrogens is 184 g/mol. The van der Waals surface area contributed by atoms with E-state index in [2.05, 4.69) is 4.98 Å². The number of aliphatic carboxylic acids is 1. The lowest BCUT2D eigenvalue weighted by Crippen LogP contribution is -2.10. The van der Waals surface area contributed by atoms with Crippen LogP contribution in [0.4, 0.5) is 5.69 Å². The van der Waals surface area contributed by atoms with E-state index in [9.17, 15) is 9.59 Å². The minimum absolute atomic E-state index is 0.0565. The number of nitrogen functional groups attached to an aromatic ring is 1. The molecule has 0 fully saturated rings. The Kier molecular flexibility index (Phi) is 3.06. The number of rotatable bonds is 3. The summed E-state index contributed by atoms with van der Waals surface area (Å²) >= 11 is 0. The molecule has 1 heterocycles. The van der Waals surface area contributed by atoms with E-state index in [4.69, 9.17) is 10.8 Å². The molecule has 1 rings (SSSR count). The molecule has 4 N–H and O–H groups in total.